The predicted molar refractivity (Wildman–Crippen MR) is 74.1 cm³/mol. The highest BCUT2D eigenvalue weighted by atomic mass is 32.1. The van der Waals surface area contributed by atoms with Crippen molar-refractivity contribution in [3.63, 3.8) is 0 Å². The number of carbonyl (C=O) groups excluding carboxylic acids is 1. The van der Waals surface area contributed by atoms with Gasteiger partial charge >= 0.3 is 0 Å². The van der Waals surface area contributed by atoms with Gasteiger partial charge in [-0.2, -0.15) is 0 Å². The summed E-state index contributed by atoms with van der Waals surface area (Å²) in [5.74, 6) is 0.203. The summed E-state index contributed by atoms with van der Waals surface area (Å²) in [6.45, 7) is 2.02. The van der Waals surface area contributed by atoms with Crippen LogP contribution in [0.5, 0.6) is 0 Å². The molecule has 0 saturated carbocycles. The maximum absolute atomic E-state index is 12.5. The minimum Gasteiger partial charge on any atom is -0.338 e. The van der Waals surface area contributed by atoms with Gasteiger partial charge in [-0.3, -0.25) is 4.79 Å². The van der Waals surface area contributed by atoms with Gasteiger partial charge in [0.15, 0.2) is 0 Å². The normalized spacial score (nSPS) is 30.4. The van der Waals surface area contributed by atoms with Gasteiger partial charge in [0.05, 0.1) is 4.88 Å². The number of piperidine rings is 1. The zero-order chi connectivity index (χ0) is 12.7. The topological polar surface area (TPSA) is 32.3 Å². The lowest BCUT2D eigenvalue weighted by Crippen LogP contribution is -2.48. The fraction of sp³-hybridized carbons (Fsp3) is 0.643. The van der Waals surface area contributed by atoms with Gasteiger partial charge in [-0.25, -0.2) is 0 Å². The van der Waals surface area contributed by atoms with Crippen molar-refractivity contribution < 1.29 is 4.79 Å². The number of fused-ring (bicyclic) bond motifs is 2. The van der Waals surface area contributed by atoms with Crippen molar-refractivity contribution in [2.24, 2.45) is 0 Å². The molecule has 0 spiro atoms. The molecule has 98 valence electrons. The summed E-state index contributed by atoms with van der Waals surface area (Å²) in [6.07, 6.45) is 4.79. The molecule has 2 fully saturated rings. The van der Waals surface area contributed by atoms with Crippen LogP contribution in [-0.2, 0) is 0 Å². The maximum atomic E-state index is 12.5. The van der Waals surface area contributed by atoms with Gasteiger partial charge in [-0.1, -0.05) is 0 Å². The molecule has 0 radical (unpaired) electrons. The van der Waals surface area contributed by atoms with Gasteiger partial charge in [0.2, 0.25) is 0 Å². The summed E-state index contributed by atoms with van der Waals surface area (Å²) in [6, 6.07) is 3.71. The Morgan fingerprint density at radius 1 is 1.39 bits per heavy atom. The lowest BCUT2D eigenvalue weighted by atomic mass is 9.98. The van der Waals surface area contributed by atoms with Crippen LogP contribution in [0.15, 0.2) is 11.4 Å². The minimum atomic E-state index is 0.203. The van der Waals surface area contributed by atoms with E-state index in [0.717, 1.165) is 23.3 Å². The average Bonchev–Trinajstić information content (AvgIpc) is 2.93. The Balaban J connectivity index is 1.73. The lowest BCUT2D eigenvalue weighted by Gasteiger charge is -2.35. The molecule has 2 unspecified atom stereocenters. The van der Waals surface area contributed by atoms with Crippen LogP contribution in [0.4, 0.5) is 0 Å². The van der Waals surface area contributed by atoms with Crippen molar-refractivity contribution in [1.82, 2.24) is 10.2 Å². The van der Waals surface area contributed by atoms with E-state index in [-0.39, 0.29) is 5.91 Å². The van der Waals surface area contributed by atoms with E-state index in [2.05, 4.69) is 5.32 Å². The molecule has 2 aliphatic heterocycles. The van der Waals surface area contributed by atoms with E-state index in [4.69, 9.17) is 0 Å². The van der Waals surface area contributed by atoms with E-state index in [0.29, 0.717) is 18.1 Å². The van der Waals surface area contributed by atoms with E-state index in [1.807, 2.05) is 30.3 Å². The molecule has 0 aromatic carbocycles. The highest BCUT2D eigenvalue weighted by Crippen LogP contribution is 2.30. The van der Waals surface area contributed by atoms with Crippen LogP contribution in [0.3, 0.4) is 0 Å². The molecule has 2 saturated heterocycles. The molecular formula is C14H20N2OS. The summed E-state index contributed by atoms with van der Waals surface area (Å²) < 4.78 is 0. The van der Waals surface area contributed by atoms with E-state index >= 15 is 0 Å². The number of rotatable bonds is 2. The van der Waals surface area contributed by atoms with Crippen LogP contribution in [0, 0.1) is 6.92 Å². The van der Waals surface area contributed by atoms with Crippen LogP contribution in [-0.4, -0.2) is 36.0 Å². The second kappa shape index (κ2) is 4.67. The molecule has 18 heavy (non-hydrogen) atoms. The Hall–Kier alpha value is -0.870. The van der Waals surface area contributed by atoms with Crippen molar-refractivity contribution in [3.8, 4) is 0 Å². The van der Waals surface area contributed by atoms with Crippen LogP contribution in [0.1, 0.15) is 40.9 Å². The Bertz CT molecular complexity index is 444. The number of nitrogens with one attached hydrogen (secondary N) is 1. The molecule has 1 aromatic heterocycles. The van der Waals surface area contributed by atoms with E-state index in [9.17, 15) is 4.79 Å². The van der Waals surface area contributed by atoms with Crippen molar-refractivity contribution in [2.75, 3.05) is 7.05 Å². The molecule has 1 aromatic rings. The van der Waals surface area contributed by atoms with E-state index < -0.39 is 0 Å². The maximum Gasteiger partial charge on any atom is 0.264 e. The molecular weight excluding hydrogens is 244 g/mol. The Morgan fingerprint density at radius 2 is 2.06 bits per heavy atom. The quantitative estimate of drug-likeness (QED) is 0.889. The van der Waals surface area contributed by atoms with Gasteiger partial charge in [-0.15, -0.1) is 11.3 Å². The number of amides is 1. The van der Waals surface area contributed by atoms with Gasteiger partial charge in [-0.05, 0) is 49.6 Å². The second-order valence-corrected chi connectivity index (χ2v) is 6.53. The number of carbonyl (C=O) groups is 1. The van der Waals surface area contributed by atoms with E-state index in [1.54, 1.807) is 11.3 Å². The lowest BCUT2D eigenvalue weighted by molar-refractivity contribution is 0.0686. The Labute approximate surface area is 112 Å². The Morgan fingerprint density at radius 3 is 2.61 bits per heavy atom. The van der Waals surface area contributed by atoms with Crippen molar-refractivity contribution in [2.45, 2.75) is 50.7 Å². The monoisotopic (exact) mass is 264 g/mol. The van der Waals surface area contributed by atoms with Crippen LogP contribution < -0.4 is 5.32 Å². The third-order valence-corrected chi connectivity index (χ3v) is 5.38. The standard InChI is InChI=1S/C14H20N2OS/c1-9-5-6-18-13(9)14(17)16(2)12-7-10-3-4-11(8-12)15-10/h5-6,10-12,15H,3-4,7-8H2,1-2H3. The number of nitrogens with zero attached hydrogens (tertiary/aromatic N) is 1. The van der Waals surface area contributed by atoms with E-state index in [1.165, 1.54) is 12.8 Å². The number of aryl methyl sites for hydroxylation is 1. The van der Waals surface area contributed by atoms with Crippen molar-refractivity contribution >= 4 is 17.2 Å². The first-order valence-corrected chi connectivity index (χ1v) is 7.60. The van der Waals surface area contributed by atoms with Crippen LogP contribution in [0.2, 0.25) is 0 Å². The number of hydrogen-bond donors (Lipinski definition) is 1. The summed E-state index contributed by atoms with van der Waals surface area (Å²) in [5, 5.41) is 5.63. The highest BCUT2D eigenvalue weighted by molar-refractivity contribution is 7.12. The first-order valence-electron chi connectivity index (χ1n) is 6.72. The zero-order valence-corrected chi connectivity index (χ0v) is 11.8. The molecule has 4 heteroatoms. The second-order valence-electron chi connectivity index (χ2n) is 5.61. The predicted octanol–water partition coefficient (Wildman–Crippen LogP) is 2.41. The van der Waals surface area contributed by atoms with Crippen molar-refractivity contribution in [3.05, 3.63) is 21.9 Å². The minimum absolute atomic E-state index is 0.203. The molecule has 2 bridgehead atoms. The fourth-order valence-corrected chi connectivity index (χ4v) is 4.17. The first-order chi connectivity index (χ1) is 8.65. The average molecular weight is 264 g/mol. The molecule has 1 amide bonds. The van der Waals surface area contributed by atoms with Gasteiger partial charge < -0.3 is 10.2 Å². The molecule has 2 atom stereocenters. The summed E-state index contributed by atoms with van der Waals surface area (Å²) in [5.41, 5.74) is 1.11. The van der Waals surface area contributed by atoms with Gasteiger partial charge in [0, 0.05) is 25.2 Å². The molecule has 2 aliphatic rings. The first kappa shape index (κ1) is 12.2. The summed E-state index contributed by atoms with van der Waals surface area (Å²) >= 11 is 1.56. The molecule has 1 N–H and O–H groups in total. The molecule has 0 aliphatic carbocycles. The molecule has 3 rings (SSSR count). The summed E-state index contributed by atoms with van der Waals surface area (Å²) in [4.78, 5) is 15.4. The SMILES string of the molecule is Cc1ccsc1C(=O)N(C)C1CC2CCC(C1)N2. The number of thiophene rings is 1. The summed E-state index contributed by atoms with van der Waals surface area (Å²) in [7, 11) is 1.97. The molecule has 3 heterocycles. The number of hydrogen-bond acceptors (Lipinski definition) is 3. The third-order valence-electron chi connectivity index (χ3n) is 4.37. The molecule has 3 nitrogen and oxygen atoms in total. The smallest absolute Gasteiger partial charge is 0.264 e. The van der Waals surface area contributed by atoms with Crippen LogP contribution >= 0.6 is 11.3 Å². The zero-order valence-electron chi connectivity index (χ0n) is 11.0. The Kier molecular flexibility index (Phi) is 3.16. The fourth-order valence-electron chi connectivity index (χ4n) is 3.26. The largest absolute Gasteiger partial charge is 0.338 e. The highest BCUT2D eigenvalue weighted by Gasteiger charge is 2.36. The van der Waals surface area contributed by atoms with Gasteiger partial charge in [0.1, 0.15) is 0 Å². The van der Waals surface area contributed by atoms with Gasteiger partial charge in [0.25, 0.3) is 5.91 Å². The van der Waals surface area contributed by atoms with Crippen molar-refractivity contribution in [1.29, 1.82) is 0 Å². The third kappa shape index (κ3) is 2.08. The van der Waals surface area contributed by atoms with Crippen LogP contribution in [0.25, 0.3) is 0 Å².